The van der Waals surface area contributed by atoms with Crippen LogP contribution in [0.25, 0.3) is 0 Å². The molecule has 116 valence electrons. The highest BCUT2D eigenvalue weighted by Crippen LogP contribution is 2.38. The monoisotopic (exact) mass is 282 g/mol. The molecule has 0 saturated carbocycles. The van der Waals surface area contributed by atoms with Crippen LogP contribution < -0.4 is 5.32 Å². The van der Waals surface area contributed by atoms with Crippen LogP contribution in [0.15, 0.2) is 0 Å². The molecule has 0 aliphatic carbocycles. The van der Waals surface area contributed by atoms with Gasteiger partial charge in [-0.2, -0.15) is 0 Å². The first kappa shape index (κ1) is 15.8. The van der Waals surface area contributed by atoms with Crippen molar-refractivity contribution in [2.75, 3.05) is 39.9 Å². The molecule has 2 fully saturated rings. The van der Waals surface area contributed by atoms with Crippen LogP contribution >= 0.6 is 0 Å². The SMILES string of the molecule is COCC1(C(=O)N2CCC(C(C)(C)C)C2)CCNCC1. The number of ether oxygens (including phenoxy) is 1. The van der Waals surface area contributed by atoms with Crippen molar-refractivity contribution in [3.05, 3.63) is 0 Å². The molecule has 0 aromatic carbocycles. The summed E-state index contributed by atoms with van der Waals surface area (Å²) in [5.41, 5.74) is 0.00431. The smallest absolute Gasteiger partial charge is 0.231 e. The Hall–Kier alpha value is -0.610. The Labute approximate surface area is 123 Å². The van der Waals surface area contributed by atoms with E-state index in [4.69, 9.17) is 4.74 Å². The quantitative estimate of drug-likeness (QED) is 0.859. The van der Waals surface area contributed by atoms with Gasteiger partial charge in [-0.1, -0.05) is 20.8 Å². The number of methoxy groups -OCH3 is 1. The van der Waals surface area contributed by atoms with Crippen molar-refractivity contribution in [3.63, 3.8) is 0 Å². The number of amides is 1. The van der Waals surface area contributed by atoms with E-state index in [-0.39, 0.29) is 10.8 Å². The lowest BCUT2D eigenvalue weighted by atomic mass is 9.78. The van der Waals surface area contributed by atoms with Crippen molar-refractivity contribution in [1.82, 2.24) is 10.2 Å². The van der Waals surface area contributed by atoms with Gasteiger partial charge in [0, 0.05) is 20.2 Å². The minimum atomic E-state index is -0.285. The predicted molar refractivity (Wildman–Crippen MR) is 80.6 cm³/mol. The Morgan fingerprint density at radius 2 is 2.00 bits per heavy atom. The number of likely N-dealkylation sites (tertiary alicyclic amines) is 1. The molecule has 20 heavy (non-hydrogen) atoms. The van der Waals surface area contributed by atoms with Crippen LogP contribution in [0.1, 0.15) is 40.0 Å². The first-order valence-electron chi connectivity index (χ1n) is 7.88. The number of nitrogens with zero attached hydrogens (tertiary/aromatic N) is 1. The number of rotatable bonds is 3. The summed E-state index contributed by atoms with van der Waals surface area (Å²) in [6.45, 7) is 11.1. The van der Waals surface area contributed by atoms with Gasteiger partial charge >= 0.3 is 0 Å². The second-order valence-corrected chi connectivity index (χ2v) is 7.57. The van der Waals surface area contributed by atoms with Crippen molar-refractivity contribution in [1.29, 1.82) is 0 Å². The molecule has 2 saturated heterocycles. The highest BCUT2D eigenvalue weighted by molar-refractivity contribution is 5.83. The Balaban J connectivity index is 2.05. The van der Waals surface area contributed by atoms with Gasteiger partial charge in [0.1, 0.15) is 0 Å². The first-order chi connectivity index (χ1) is 9.39. The van der Waals surface area contributed by atoms with E-state index in [0.717, 1.165) is 45.4 Å². The Bertz CT molecular complexity index is 337. The molecule has 0 radical (unpaired) electrons. The van der Waals surface area contributed by atoms with E-state index in [1.165, 1.54) is 0 Å². The zero-order chi connectivity index (χ0) is 14.8. The highest BCUT2D eigenvalue weighted by atomic mass is 16.5. The fourth-order valence-corrected chi connectivity index (χ4v) is 3.59. The van der Waals surface area contributed by atoms with Gasteiger partial charge < -0.3 is 15.0 Å². The van der Waals surface area contributed by atoms with Crippen LogP contribution in [0.5, 0.6) is 0 Å². The molecule has 1 N–H and O–H groups in total. The lowest BCUT2D eigenvalue weighted by molar-refractivity contribution is -0.146. The second kappa shape index (κ2) is 6.02. The third-order valence-electron chi connectivity index (χ3n) is 5.14. The molecule has 2 aliphatic heterocycles. The average molecular weight is 282 g/mol. The summed E-state index contributed by atoms with van der Waals surface area (Å²) in [5.74, 6) is 0.945. The summed E-state index contributed by atoms with van der Waals surface area (Å²) < 4.78 is 5.38. The molecule has 1 atom stereocenters. The van der Waals surface area contributed by atoms with E-state index in [1.54, 1.807) is 7.11 Å². The average Bonchev–Trinajstić information content (AvgIpc) is 2.88. The Kier molecular flexibility index (Phi) is 4.75. The molecule has 0 aromatic rings. The summed E-state index contributed by atoms with van der Waals surface area (Å²) >= 11 is 0. The van der Waals surface area contributed by atoms with Gasteiger partial charge in [-0.25, -0.2) is 0 Å². The summed E-state index contributed by atoms with van der Waals surface area (Å²) in [7, 11) is 1.71. The largest absolute Gasteiger partial charge is 0.384 e. The fourth-order valence-electron chi connectivity index (χ4n) is 3.59. The Morgan fingerprint density at radius 3 is 2.50 bits per heavy atom. The van der Waals surface area contributed by atoms with Crippen LogP contribution in [0.2, 0.25) is 0 Å². The number of carbonyl (C=O) groups is 1. The molecule has 4 nitrogen and oxygen atoms in total. The van der Waals surface area contributed by atoms with Crippen LogP contribution in [-0.2, 0) is 9.53 Å². The molecule has 0 aromatic heterocycles. The van der Waals surface area contributed by atoms with E-state index < -0.39 is 0 Å². The number of piperidine rings is 1. The maximum absolute atomic E-state index is 13.0. The van der Waals surface area contributed by atoms with E-state index in [2.05, 4.69) is 31.0 Å². The third kappa shape index (κ3) is 3.17. The minimum absolute atomic E-state index is 0.285. The zero-order valence-corrected chi connectivity index (χ0v) is 13.5. The van der Waals surface area contributed by atoms with Crippen molar-refractivity contribution in [2.45, 2.75) is 40.0 Å². The molecule has 1 amide bonds. The molecular formula is C16H30N2O2. The van der Waals surface area contributed by atoms with Crippen molar-refractivity contribution < 1.29 is 9.53 Å². The number of nitrogens with one attached hydrogen (secondary N) is 1. The second-order valence-electron chi connectivity index (χ2n) is 7.57. The van der Waals surface area contributed by atoms with Gasteiger partial charge in [-0.15, -0.1) is 0 Å². The summed E-state index contributed by atoms with van der Waals surface area (Å²) in [6.07, 6.45) is 2.93. The van der Waals surface area contributed by atoms with E-state index in [1.807, 2.05) is 0 Å². The van der Waals surface area contributed by atoms with Gasteiger partial charge in [-0.05, 0) is 43.7 Å². The third-order valence-corrected chi connectivity index (χ3v) is 5.14. The van der Waals surface area contributed by atoms with Crippen LogP contribution in [0.4, 0.5) is 0 Å². The van der Waals surface area contributed by atoms with Gasteiger partial charge in [0.25, 0.3) is 0 Å². The standard InChI is InChI=1S/C16H30N2O2/c1-15(2,3)13-5-10-18(11-13)14(19)16(12-20-4)6-8-17-9-7-16/h13,17H,5-12H2,1-4H3. The molecule has 1 unspecified atom stereocenters. The topological polar surface area (TPSA) is 41.6 Å². The number of carbonyl (C=O) groups excluding carboxylic acids is 1. The number of hydrogen-bond donors (Lipinski definition) is 1. The molecule has 0 spiro atoms. The lowest BCUT2D eigenvalue weighted by Gasteiger charge is -2.38. The normalized spacial score (nSPS) is 26.8. The first-order valence-corrected chi connectivity index (χ1v) is 7.88. The van der Waals surface area contributed by atoms with Crippen molar-refractivity contribution in [3.8, 4) is 0 Å². The molecule has 2 rings (SSSR count). The van der Waals surface area contributed by atoms with Gasteiger partial charge in [0.2, 0.25) is 5.91 Å². The number of hydrogen-bond acceptors (Lipinski definition) is 3. The highest BCUT2D eigenvalue weighted by Gasteiger charge is 2.45. The zero-order valence-electron chi connectivity index (χ0n) is 13.5. The summed E-state index contributed by atoms with van der Waals surface area (Å²) in [5, 5.41) is 3.35. The summed E-state index contributed by atoms with van der Waals surface area (Å²) in [4.78, 5) is 15.1. The Morgan fingerprint density at radius 1 is 1.35 bits per heavy atom. The van der Waals surface area contributed by atoms with Gasteiger partial charge in [0.05, 0.1) is 12.0 Å². The van der Waals surface area contributed by atoms with E-state index in [0.29, 0.717) is 18.4 Å². The van der Waals surface area contributed by atoms with E-state index >= 15 is 0 Å². The van der Waals surface area contributed by atoms with E-state index in [9.17, 15) is 4.79 Å². The van der Waals surface area contributed by atoms with Gasteiger partial charge in [-0.3, -0.25) is 4.79 Å². The lowest BCUT2D eigenvalue weighted by Crippen LogP contribution is -2.51. The predicted octanol–water partition coefficient (Wildman–Crippen LogP) is 1.90. The van der Waals surface area contributed by atoms with Crippen LogP contribution in [-0.4, -0.2) is 50.7 Å². The molecule has 2 heterocycles. The maximum Gasteiger partial charge on any atom is 0.231 e. The molecule has 2 aliphatic rings. The van der Waals surface area contributed by atoms with Crippen molar-refractivity contribution in [2.24, 2.45) is 16.7 Å². The fraction of sp³-hybridized carbons (Fsp3) is 0.938. The maximum atomic E-state index is 13.0. The van der Waals surface area contributed by atoms with Crippen molar-refractivity contribution >= 4 is 5.91 Å². The minimum Gasteiger partial charge on any atom is -0.384 e. The van der Waals surface area contributed by atoms with Crippen LogP contribution in [0.3, 0.4) is 0 Å². The molecular weight excluding hydrogens is 252 g/mol. The van der Waals surface area contributed by atoms with Crippen LogP contribution in [0, 0.1) is 16.7 Å². The molecule has 4 heteroatoms. The molecule has 0 bridgehead atoms. The van der Waals surface area contributed by atoms with Gasteiger partial charge in [0.15, 0.2) is 0 Å². The summed E-state index contributed by atoms with van der Waals surface area (Å²) in [6, 6.07) is 0.